The van der Waals surface area contributed by atoms with Crippen LogP contribution in [0.5, 0.6) is 0 Å². The van der Waals surface area contributed by atoms with Crippen molar-refractivity contribution in [1.29, 1.82) is 0 Å². The number of hydrogen-bond donors (Lipinski definition) is 1. The molecule has 3 nitrogen and oxygen atoms in total. The highest BCUT2D eigenvalue weighted by molar-refractivity contribution is 5.17. The lowest BCUT2D eigenvalue weighted by Gasteiger charge is -2.35. The van der Waals surface area contributed by atoms with Gasteiger partial charge in [-0.1, -0.05) is 43.2 Å². The monoisotopic (exact) mass is 317 g/mol. The Hall–Kier alpha value is -0.900. The molecule has 2 atom stereocenters. The molecule has 2 heterocycles. The van der Waals surface area contributed by atoms with Gasteiger partial charge in [0.25, 0.3) is 0 Å². The van der Waals surface area contributed by atoms with Gasteiger partial charge >= 0.3 is 0 Å². The summed E-state index contributed by atoms with van der Waals surface area (Å²) in [6.07, 6.45) is 8.10. The summed E-state index contributed by atoms with van der Waals surface area (Å²) in [4.78, 5) is 2.68. The van der Waals surface area contributed by atoms with E-state index in [1.54, 1.807) is 0 Å². The summed E-state index contributed by atoms with van der Waals surface area (Å²) in [6, 6.07) is 10.7. The zero-order valence-corrected chi connectivity index (χ0v) is 14.2. The first-order valence-corrected chi connectivity index (χ1v) is 9.38. The molecule has 23 heavy (non-hydrogen) atoms. The second-order valence-electron chi connectivity index (χ2n) is 7.22. The van der Waals surface area contributed by atoms with E-state index in [9.17, 15) is 5.11 Å². The van der Waals surface area contributed by atoms with Crippen LogP contribution in [0.2, 0.25) is 0 Å². The van der Waals surface area contributed by atoms with Crippen LogP contribution in [0.15, 0.2) is 30.3 Å². The number of benzene rings is 1. The number of hydrogen-bond acceptors (Lipinski definition) is 3. The first kappa shape index (κ1) is 16.9. The van der Waals surface area contributed by atoms with Gasteiger partial charge in [0.1, 0.15) is 0 Å². The van der Waals surface area contributed by atoms with Crippen LogP contribution in [0.4, 0.5) is 0 Å². The second kappa shape index (κ2) is 8.81. The standard InChI is InChI=1S/C20H31NO2/c22-20(18-7-3-1-4-8-18)15-19-9-5-2-6-12-21(19)16-17-10-13-23-14-11-17/h1,3-4,7-8,17,19-20,22H,2,5-6,9-16H2. The number of nitrogens with zero attached hydrogens (tertiary/aromatic N) is 1. The molecule has 1 N–H and O–H groups in total. The van der Waals surface area contributed by atoms with Crippen LogP contribution in [-0.4, -0.2) is 42.4 Å². The molecule has 2 saturated heterocycles. The fourth-order valence-corrected chi connectivity index (χ4v) is 4.07. The summed E-state index contributed by atoms with van der Waals surface area (Å²) >= 11 is 0. The highest BCUT2D eigenvalue weighted by Gasteiger charge is 2.27. The SMILES string of the molecule is OC(CC1CCCCCN1CC1CCOCC1)c1ccccc1. The van der Waals surface area contributed by atoms with Crippen molar-refractivity contribution in [3.63, 3.8) is 0 Å². The van der Waals surface area contributed by atoms with Gasteiger partial charge in [0.2, 0.25) is 0 Å². The van der Waals surface area contributed by atoms with Crippen LogP contribution in [0.3, 0.4) is 0 Å². The Labute approximate surface area is 140 Å². The van der Waals surface area contributed by atoms with Crippen molar-refractivity contribution in [2.45, 2.75) is 57.1 Å². The Morgan fingerprint density at radius 2 is 1.83 bits per heavy atom. The quantitative estimate of drug-likeness (QED) is 0.897. The summed E-state index contributed by atoms with van der Waals surface area (Å²) < 4.78 is 5.50. The lowest BCUT2D eigenvalue weighted by molar-refractivity contribution is 0.0372. The molecule has 3 heteroatoms. The maximum Gasteiger partial charge on any atom is 0.0805 e. The summed E-state index contributed by atoms with van der Waals surface area (Å²) in [7, 11) is 0. The average Bonchev–Trinajstić information content (AvgIpc) is 2.82. The number of rotatable bonds is 5. The molecule has 0 radical (unpaired) electrons. The van der Waals surface area contributed by atoms with E-state index in [1.807, 2.05) is 30.3 Å². The maximum absolute atomic E-state index is 10.6. The normalized spacial score (nSPS) is 25.9. The minimum absolute atomic E-state index is 0.337. The van der Waals surface area contributed by atoms with Crippen molar-refractivity contribution >= 4 is 0 Å². The molecule has 0 amide bonds. The van der Waals surface area contributed by atoms with Crippen molar-refractivity contribution in [3.8, 4) is 0 Å². The zero-order chi connectivity index (χ0) is 15.9. The van der Waals surface area contributed by atoms with Crippen LogP contribution in [0, 0.1) is 5.92 Å². The van der Waals surface area contributed by atoms with Crippen LogP contribution in [0.1, 0.15) is 56.6 Å². The van der Waals surface area contributed by atoms with Gasteiger partial charge in [-0.25, -0.2) is 0 Å². The van der Waals surface area contributed by atoms with Crippen LogP contribution < -0.4 is 0 Å². The Kier molecular flexibility index (Phi) is 6.49. The van der Waals surface area contributed by atoms with Crippen LogP contribution >= 0.6 is 0 Å². The molecule has 0 bridgehead atoms. The first-order valence-electron chi connectivity index (χ1n) is 9.38. The number of likely N-dealkylation sites (tertiary alicyclic amines) is 1. The predicted octanol–water partition coefficient (Wildman–Crippen LogP) is 3.78. The van der Waals surface area contributed by atoms with E-state index < -0.39 is 0 Å². The Balaban J connectivity index is 1.61. The van der Waals surface area contributed by atoms with Crippen molar-refractivity contribution in [2.24, 2.45) is 5.92 Å². The highest BCUT2D eigenvalue weighted by atomic mass is 16.5. The van der Waals surface area contributed by atoms with Gasteiger partial charge < -0.3 is 14.7 Å². The van der Waals surface area contributed by atoms with Crippen molar-refractivity contribution in [3.05, 3.63) is 35.9 Å². The van der Waals surface area contributed by atoms with Crippen LogP contribution in [0.25, 0.3) is 0 Å². The molecule has 0 spiro atoms. The Morgan fingerprint density at radius 3 is 2.61 bits per heavy atom. The molecule has 0 aliphatic carbocycles. The number of aliphatic hydroxyl groups is 1. The lowest BCUT2D eigenvalue weighted by Crippen LogP contribution is -2.40. The molecule has 2 unspecified atom stereocenters. The molecule has 2 aliphatic heterocycles. The van der Waals surface area contributed by atoms with E-state index in [0.717, 1.165) is 31.1 Å². The zero-order valence-electron chi connectivity index (χ0n) is 14.2. The molecular weight excluding hydrogens is 286 g/mol. The third kappa shape index (κ3) is 5.03. The van der Waals surface area contributed by atoms with Crippen LogP contribution in [-0.2, 0) is 4.74 Å². The van der Waals surface area contributed by atoms with Crippen molar-refractivity contribution < 1.29 is 9.84 Å². The molecule has 2 aliphatic rings. The third-order valence-corrected chi connectivity index (χ3v) is 5.51. The Morgan fingerprint density at radius 1 is 1.04 bits per heavy atom. The molecule has 1 aromatic rings. The van der Waals surface area contributed by atoms with Gasteiger partial charge in [-0.15, -0.1) is 0 Å². The van der Waals surface area contributed by atoms with E-state index in [-0.39, 0.29) is 6.10 Å². The smallest absolute Gasteiger partial charge is 0.0805 e. The van der Waals surface area contributed by atoms with Gasteiger partial charge in [0.05, 0.1) is 6.10 Å². The van der Waals surface area contributed by atoms with E-state index in [4.69, 9.17) is 4.74 Å². The van der Waals surface area contributed by atoms with E-state index in [1.165, 1.54) is 51.6 Å². The minimum Gasteiger partial charge on any atom is -0.388 e. The fourth-order valence-electron chi connectivity index (χ4n) is 4.07. The van der Waals surface area contributed by atoms with E-state index in [2.05, 4.69) is 4.90 Å². The molecule has 1 aromatic carbocycles. The minimum atomic E-state index is -0.337. The van der Waals surface area contributed by atoms with Gasteiger partial charge in [0, 0.05) is 25.8 Å². The van der Waals surface area contributed by atoms with Gasteiger partial charge in [-0.05, 0) is 50.1 Å². The molecular formula is C20H31NO2. The molecule has 2 fully saturated rings. The van der Waals surface area contributed by atoms with Crippen molar-refractivity contribution in [1.82, 2.24) is 4.90 Å². The summed E-state index contributed by atoms with van der Waals surface area (Å²) in [6.45, 7) is 4.24. The average molecular weight is 317 g/mol. The highest BCUT2D eigenvalue weighted by Crippen LogP contribution is 2.28. The molecule has 0 aromatic heterocycles. The van der Waals surface area contributed by atoms with E-state index in [0.29, 0.717) is 6.04 Å². The maximum atomic E-state index is 10.6. The Bertz CT molecular complexity index is 444. The van der Waals surface area contributed by atoms with Gasteiger partial charge in [0.15, 0.2) is 0 Å². The molecule has 128 valence electrons. The summed E-state index contributed by atoms with van der Waals surface area (Å²) in [5, 5.41) is 10.6. The number of aliphatic hydroxyl groups excluding tert-OH is 1. The van der Waals surface area contributed by atoms with Gasteiger partial charge in [-0.3, -0.25) is 0 Å². The second-order valence-corrected chi connectivity index (χ2v) is 7.22. The summed E-state index contributed by atoms with van der Waals surface area (Å²) in [5.41, 5.74) is 1.06. The van der Waals surface area contributed by atoms with E-state index >= 15 is 0 Å². The first-order chi connectivity index (χ1) is 11.3. The fraction of sp³-hybridized carbons (Fsp3) is 0.700. The van der Waals surface area contributed by atoms with Gasteiger partial charge in [-0.2, -0.15) is 0 Å². The summed E-state index contributed by atoms with van der Waals surface area (Å²) in [5.74, 6) is 0.776. The third-order valence-electron chi connectivity index (χ3n) is 5.51. The predicted molar refractivity (Wildman–Crippen MR) is 93.4 cm³/mol. The largest absolute Gasteiger partial charge is 0.388 e. The van der Waals surface area contributed by atoms with Crippen molar-refractivity contribution in [2.75, 3.05) is 26.3 Å². The molecule has 3 rings (SSSR count). The topological polar surface area (TPSA) is 32.7 Å². The lowest BCUT2D eigenvalue weighted by atomic mass is 9.95. The molecule has 0 saturated carbocycles. The number of ether oxygens (including phenoxy) is 1.